The fourth-order valence-corrected chi connectivity index (χ4v) is 5.03. The molecule has 0 bridgehead atoms. The minimum atomic E-state index is -3.34. The average molecular weight is 559 g/mol. The van der Waals surface area contributed by atoms with Crippen LogP contribution in [0.3, 0.4) is 0 Å². The van der Waals surface area contributed by atoms with Gasteiger partial charge in [-0.15, -0.1) is 0 Å². The second-order valence-electron chi connectivity index (χ2n) is 8.00. The molecule has 0 N–H and O–H groups in total. The van der Waals surface area contributed by atoms with Gasteiger partial charge in [0.15, 0.2) is 15.6 Å². The van der Waals surface area contributed by atoms with Gasteiger partial charge in [-0.25, -0.2) is 8.42 Å². The number of pyridine rings is 1. The van der Waals surface area contributed by atoms with Crippen molar-refractivity contribution >= 4 is 53.9 Å². The van der Waals surface area contributed by atoms with Crippen LogP contribution in [0.5, 0.6) is 0 Å². The lowest BCUT2D eigenvalue weighted by molar-refractivity contribution is 0.0979. The number of ketones is 1. The lowest BCUT2D eigenvalue weighted by atomic mass is 9.94. The molecule has 0 saturated carbocycles. The zero-order valence-electron chi connectivity index (χ0n) is 18.5. The van der Waals surface area contributed by atoms with E-state index in [2.05, 4.69) is 15.9 Å². The number of carbonyl (C=O) groups is 1. The molecular formula is C26H21BrClNO4S. The second kappa shape index (κ2) is 9.49. The van der Waals surface area contributed by atoms with Crippen molar-refractivity contribution in [3.05, 3.63) is 97.8 Å². The van der Waals surface area contributed by atoms with Gasteiger partial charge in [-0.1, -0.05) is 58.7 Å². The summed E-state index contributed by atoms with van der Waals surface area (Å²) in [4.78, 5) is 27.1. The van der Waals surface area contributed by atoms with Gasteiger partial charge in [0.1, 0.15) is 0 Å². The summed E-state index contributed by atoms with van der Waals surface area (Å²) in [5.74, 6) is -0.176. The Kier molecular flexibility index (Phi) is 6.80. The minimum Gasteiger partial charge on any atom is -0.300 e. The van der Waals surface area contributed by atoms with E-state index in [1.165, 1.54) is 16.7 Å². The molecular weight excluding hydrogens is 538 g/mol. The predicted octanol–water partition coefficient (Wildman–Crippen LogP) is 6.13. The lowest BCUT2D eigenvalue weighted by Gasteiger charge is -2.19. The minimum absolute atomic E-state index is 0.117. The number of halogens is 2. The molecule has 0 unspecified atom stereocenters. The molecule has 1 heterocycles. The lowest BCUT2D eigenvalue weighted by Crippen LogP contribution is -2.28. The molecule has 5 nitrogen and oxygen atoms in total. The zero-order chi connectivity index (χ0) is 24.6. The van der Waals surface area contributed by atoms with Crippen molar-refractivity contribution in [3.8, 4) is 11.1 Å². The molecule has 0 amide bonds. The van der Waals surface area contributed by atoms with Crippen LogP contribution in [0.15, 0.2) is 80.9 Å². The summed E-state index contributed by atoms with van der Waals surface area (Å²) in [5, 5.41) is 1.53. The van der Waals surface area contributed by atoms with E-state index in [9.17, 15) is 18.0 Å². The van der Waals surface area contributed by atoms with Crippen molar-refractivity contribution in [2.45, 2.75) is 24.8 Å². The van der Waals surface area contributed by atoms with Gasteiger partial charge in [0, 0.05) is 33.1 Å². The first-order valence-electron chi connectivity index (χ1n) is 10.5. The molecule has 0 radical (unpaired) electrons. The Morgan fingerprint density at radius 1 is 0.971 bits per heavy atom. The van der Waals surface area contributed by atoms with E-state index in [0.29, 0.717) is 32.6 Å². The number of hydrogen-bond acceptors (Lipinski definition) is 4. The molecule has 0 aliphatic rings. The van der Waals surface area contributed by atoms with E-state index in [1.807, 2.05) is 24.3 Å². The number of nitrogens with zero attached hydrogens (tertiary/aromatic N) is 1. The maximum Gasteiger partial charge on any atom is 0.259 e. The third-order valence-electron chi connectivity index (χ3n) is 5.64. The molecule has 1 aromatic heterocycles. The van der Waals surface area contributed by atoms with Crippen LogP contribution in [0.1, 0.15) is 29.4 Å². The van der Waals surface area contributed by atoms with Gasteiger partial charge in [0.05, 0.1) is 17.1 Å². The van der Waals surface area contributed by atoms with Crippen molar-refractivity contribution in [1.29, 1.82) is 0 Å². The van der Waals surface area contributed by atoms with Gasteiger partial charge < -0.3 is 0 Å². The third kappa shape index (κ3) is 4.73. The Labute approximate surface area is 211 Å². The smallest absolute Gasteiger partial charge is 0.259 e. The summed E-state index contributed by atoms with van der Waals surface area (Å²) >= 11 is 9.74. The standard InChI is InChI=1S/C26H21BrClNO4S/c1-3-23(30)25-24(17-6-8-18(27)9-7-17)22-14-19(28)10-13-21(22)26(31)29(25)15-16-4-11-20(12-5-16)34(2,32)33/h4-14H,3,15H2,1-2H3. The van der Waals surface area contributed by atoms with Gasteiger partial charge in [0.2, 0.25) is 0 Å². The van der Waals surface area contributed by atoms with E-state index < -0.39 is 9.84 Å². The van der Waals surface area contributed by atoms with Crippen LogP contribution >= 0.6 is 27.5 Å². The maximum atomic E-state index is 13.6. The van der Waals surface area contributed by atoms with Crippen LogP contribution in [-0.2, 0) is 16.4 Å². The normalized spacial score (nSPS) is 11.6. The molecule has 0 saturated heterocycles. The van der Waals surface area contributed by atoms with Crippen LogP contribution in [-0.4, -0.2) is 25.0 Å². The Morgan fingerprint density at radius 2 is 1.62 bits per heavy atom. The number of hydrogen-bond donors (Lipinski definition) is 0. The molecule has 0 atom stereocenters. The van der Waals surface area contributed by atoms with Crippen molar-refractivity contribution < 1.29 is 13.2 Å². The quantitative estimate of drug-likeness (QED) is 0.267. The number of rotatable bonds is 6. The number of fused-ring (bicyclic) bond motifs is 1. The zero-order valence-corrected chi connectivity index (χ0v) is 21.7. The van der Waals surface area contributed by atoms with Gasteiger partial charge in [0.25, 0.3) is 5.56 Å². The summed E-state index contributed by atoms with van der Waals surface area (Å²) in [6, 6.07) is 18.9. The molecule has 34 heavy (non-hydrogen) atoms. The van der Waals surface area contributed by atoms with Crippen molar-refractivity contribution in [2.75, 3.05) is 6.26 Å². The van der Waals surface area contributed by atoms with E-state index in [1.54, 1.807) is 37.3 Å². The van der Waals surface area contributed by atoms with E-state index in [0.717, 1.165) is 16.3 Å². The highest BCUT2D eigenvalue weighted by molar-refractivity contribution is 9.10. The highest BCUT2D eigenvalue weighted by Gasteiger charge is 2.23. The van der Waals surface area contributed by atoms with Gasteiger partial charge in [-0.2, -0.15) is 0 Å². The molecule has 0 spiro atoms. The summed E-state index contributed by atoms with van der Waals surface area (Å²) in [5.41, 5.74) is 2.13. The molecule has 3 aromatic carbocycles. The van der Waals surface area contributed by atoms with Gasteiger partial charge >= 0.3 is 0 Å². The van der Waals surface area contributed by atoms with Crippen LogP contribution in [0, 0.1) is 0 Å². The first-order chi connectivity index (χ1) is 16.1. The fourth-order valence-electron chi connectivity index (χ4n) is 3.96. The van der Waals surface area contributed by atoms with Crippen LogP contribution in [0.25, 0.3) is 21.9 Å². The Bertz CT molecular complexity index is 1570. The second-order valence-corrected chi connectivity index (χ2v) is 11.4. The van der Waals surface area contributed by atoms with Crippen molar-refractivity contribution in [2.24, 2.45) is 0 Å². The molecule has 8 heteroatoms. The monoisotopic (exact) mass is 557 g/mol. The highest BCUT2D eigenvalue weighted by atomic mass is 79.9. The van der Waals surface area contributed by atoms with Crippen LogP contribution < -0.4 is 5.56 Å². The molecule has 0 aliphatic carbocycles. The number of benzene rings is 3. The van der Waals surface area contributed by atoms with E-state index in [-0.39, 0.29) is 29.2 Å². The number of carbonyl (C=O) groups excluding carboxylic acids is 1. The van der Waals surface area contributed by atoms with Gasteiger partial charge in [-0.3, -0.25) is 14.2 Å². The maximum absolute atomic E-state index is 13.6. The first-order valence-corrected chi connectivity index (χ1v) is 13.6. The number of sulfone groups is 1. The Morgan fingerprint density at radius 3 is 2.21 bits per heavy atom. The van der Waals surface area contributed by atoms with E-state index in [4.69, 9.17) is 11.6 Å². The highest BCUT2D eigenvalue weighted by Crippen LogP contribution is 2.34. The van der Waals surface area contributed by atoms with Crippen molar-refractivity contribution in [1.82, 2.24) is 4.57 Å². The van der Waals surface area contributed by atoms with Crippen LogP contribution in [0.4, 0.5) is 0 Å². The summed E-state index contributed by atoms with van der Waals surface area (Å²) in [7, 11) is -3.34. The first kappa shape index (κ1) is 24.4. The molecule has 0 fully saturated rings. The van der Waals surface area contributed by atoms with Crippen LogP contribution in [0.2, 0.25) is 5.02 Å². The fraction of sp³-hybridized carbons (Fsp3) is 0.154. The Balaban J connectivity index is 2.04. The average Bonchev–Trinajstić information content (AvgIpc) is 2.80. The SMILES string of the molecule is CCC(=O)c1c(-c2ccc(Br)cc2)c2cc(Cl)ccc2c(=O)n1Cc1ccc(S(C)(=O)=O)cc1. The molecule has 0 aliphatic heterocycles. The van der Waals surface area contributed by atoms with Crippen molar-refractivity contribution in [3.63, 3.8) is 0 Å². The summed E-state index contributed by atoms with van der Waals surface area (Å²) in [6.45, 7) is 1.87. The third-order valence-corrected chi connectivity index (χ3v) is 7.54. The largest absolute Gasteiger partial charge is 0.300 e. The predicted molar refractivity (Wildman–Crippen MR) is 140 cm³/mol. The van der Waals surface area contributed by atoms with Gasteiger partial charge in [-0.05, 0) is 59.0 Å². The molecule has 4 rings (SSSR count). The number of aromatic nitrogens is 1. The summed E-state index contributed by atoms with van der Waals surface area (Å²) < 4.78 is 26.0. The van der Waals surface area contributed by atoms with E-state index >= 15 is 0 Å². The topological polar surface area (TPSA) is 73.2 Å². The molecule has 4 aromatic rings. The number of Topliss-reactive ketones (excluding diaryl/α,β-unsaturated/α-hetero) is 1. The molecule has 174 valence electrons. The Hall–Kier alpha value is -2.74. The summed E-state index contributed by atoms with van der Waals surface area (Å²) in [6.07, 6.45) is 1.35.